The molecule has 0 heterocycles. The van der Waals surface area contributed by atoms with E-state index in [2.05, 4.69) is 5.32 Å². The summed E-state index contributed by atoms with van der Waals surface area (Å²) in [5.41, 5.74) is 2.07. The van der Waals surface area contributed by atoms with E-state index >= 15 is 0 Å². The van der Waals surface area contributed by atoms with Crippen LogP contribution in [0, 0.1) is 5.92 Å². The van der Waals surface area contributed by atoms with E-state index in [9.17, 15) is 18.0 Å². The van der Waals surface area contributed by atoms with E-state index in [1.807, 2.05) is 57.2 Å². The van der Waals surface area contributed by atoms with Crippen molar-refractivity contribution in [3.8, 4) is 11.5 Å². The minimum atomic E-state index is -3.85. The molecule has 1 unspecified atom stereocenters. The van der Waals surface area contributed by atoms with Gasteiger partial charge < -0.3 is 19.7 Å². The standard InChI is InChI=1S/C32H41N3O6S/c1-6-30(32(37)33-20-24(2)3)34(21-26-13-10-14-29(19-26)40-4)31(36)22-35(42(5,38)39)27-15-17-28(18-16-27)41-23-25-11-8-7-9-12-25/h7-19,24,30H,6,20-23H2,1-5H3,(H,33,37). The number of carbonyl (C=O) groups excluding carboxylic acids is 2. The summed E-state index contributed by atoms with van der Waals surface area (Å²) >= 11 is 0. The van der Waals surface area contributed by atoms with Crippen molar-refractivity contribution < 1.29 is 27.5 Å². The molecule has 0 saturated carbocycles. The van der Waals surface area contributed by atoms with E-state index in [-0.39, 0.29) is 18.4 Å². The first-order valence-corrected chi connectivity index (χ1v) is 15.8. The summed E-state index contributed by atoms with van der Waals surface area (Å²) in [6.45, 7) is 6.27. The average Bonchev–Trinajstić information content (AvgIpc) is 2.98. The Kier molecular flexibility index (Phi) is 11.8. The predicted octanol–water partition coefficient (Wildman–Crippen LogP) is 4.62. The summed E-state index contributed by atoms with van der Waals surface area (Å²) in [4.78, 5) is 28.5. The Morgan fingerprint density at radius 2 is 1.57 bits per heavy atom. The molecule has 42 heavy (non-hydrogen) atoms. The SMILES string of the molecule is CCC(C(=O)NCC(C)C)N(Cc1cccc(OC)c1)C(=O)CN(c1ccc(OCc2ccccc2)cc1)S(C)(=O)=O. The molecular weight excluding hydrogens is 554 g/mol. The van der Waals surface area contributed by atoms with Crippen LogP contribution in [-0.2, 0) is 32.8 Å². The fraction of sp³-hybridized carbons (Fsp3) is 0.375. The van der Waals surface area contributed by atoms with Gasteiger partial charge >= 0.3 is 0 Å². The van der Waals surface area contributed by atoms with E-state index in [1.165, 1.54) is 4.90 Å². The molecule has 0 spiro atoms. The lowest BCUT2D eigenvalue weighted by atomic mass is 10.1. The van der Waals surface area contributed by atoms with Crippen molar-refractivity contribution >= 4 is 27.5 Å². The second-order valence-electron chi connectivity index (χ2n) is 10.5. The van der Waals surface area contributed by atoms with Gasteiger partial charge in [0.2, 0.25) is 21.8 Å². The Morgan fingerprint density at radius 3 is 2.17 bits per heavy atom. The van der Waals surface area contributed by atoms with Gasteiger partial charge in [0.05, 0.1) is 19.1 Å². The first kappa shape index (κ1) is 32.5. The molecule has 0 aliphatic carbocycles. The van der Waals surface area contributed by atoms with Gasteiger partial charge in [-0.3, -0.25) is 13.9 Å². The highest BCUT2D eigenvalue weighted by atomic mass is 32.2. The van der Waals surface area contributed by atoms with Crippen LogP contribution in [-0.4, -0.2) is 57.6 Å². The second-order valence-corrected chi connectivity index (χ2v) is 12.4. The number of anilines is 1. The quantitative estimate of drug-likeness (QED) is 0.275. The highest BCUT2D eigenvalue weighted by molar-refractivity contribution is 7.92. The molecule has 9 nitrogen and oxygen atoms in total. The van der Waals surface area contributed by atoms with Gasteiger partial charge in [0.1, 0.15) is 30.7 Å². The highest BCUT2D eigenvalue weighted by Crippen LogP contribution is 2.24. The molecule has 0 saturated heterocycles. The van der Waals surface area contributed by atoms with Crippen LogP contribution >= 0.6 is 0 Å². The minimum absolute atomic E-state index is 0.105. The molecular formula is C32H41N3O6S. The fourth-order valence-corrected chi connectivity index (χ4v) is 5.22. The number of nitrogens with zero attached hydrogens (tertiary/aromatic N) is 2. The van der Waals surface area contributed by atoms with Gasteiger partial charge in [0.25, 0.3) is 0 Å². The summed E-state index contributed by atoms with van der Waals surface area (Å²) in [5, 5.41) is 2.92. The van der Waals surface area contributed by atoms with Crippen LogP contribution in [0.4, 0.5) is 5.69 Å². The molecule has 226 valence electrons. The first-order chi connectivity index (χ1) is 20.0. The Morgan fingerprint density at radius 1 is 0.905 bits per heavy atom. The molecule has 3 aromatic rings. The lowest BCUT2D eigenvalue weighted by Gasteiger charge is -2.33. The Balaban J connectivity index is 1.86. The number of amides is 2. The molecule has 1 N–H and O–H groups in total. The third-order valence-electron chi connectivity index (χ3n) is 6.61. The number of rotatable bonds is 15. The Hall–Kier alpha value is -4.05. The molecule has 1 atom stereocenters. The summed E-state index contributed by atoms with van der Waals surface area (Å²) < 4.78 is 38.0. The molecule has 0 radical (unpaired) electrons. The smallest absolute Gasteiger partial charge is 0.244 e. The molecule has 0 fully saturated rings. The number of carbonyl (C=O) groups is 2. The van der Waals surface area contributed by atoms with Crippen LogP contribution in [0.2, 0.25) is 0 Å². The van der Waals surface area contributed by atoms with Crippen molar-refractivity contribution in [2.75, 3.05) is 30.8 Å². The van der Waals surface area contributed by atoms with Crippen molar-refractivity contribution in [2.45, 2.75) is 46.4 Å². The fourth-order valence-electron chi connectivity index (χ4n) is 4.37. The van der Waals surface area contributed by atoms with Crippen LogP contribution in [0.5, 0.6) is 11.5 Å². The first-order valence-electron chi connectivity index (χ1n) is 14.0. The van der Waals surface area contributed by atoms with Crippen LogP contribution in [0.3, 0.4) is 0 Å². The van der Waals surface area contributed by atoms with Crippen molar-refractivity contribution in [1.29, 1.82) is 0 Å². The zero-order chi connectivity index (χ0) is 30.7. The average molecular weight is 596 g/mol. The number of nitrogens with one attached hydrogen (secondary N) is 1. The molecule has 0 aromatic heterocycles. The van der Waals surface area contributed by atoms with Gasteiger partial charge in [-0.25, -0.2) is 8.42 Å². The maximum atomic E-state index is 13.9. The number of benzene rings is 3. The summed E-state index contributed by atoms with van der Waals surface area (Å²) in [6, 6.07) is 22.7. The van der Waals surface area contributed by atoms with Crippen LogP contribution in [0.15, 0.2) is 78.9 Å². The predicted molar refractivity (Wildman–Crippen MR) is 165 cm³/mol. The Labute approximate surface area is 249 Å². The lowest BCUT2D eigenvalue weighted by Crippen LogP contribution is -2.52. The number of hydrogen-bond donors (Lipinski definition) is 1. The summed E-state index contributed by atoms with van der Waals surface area (Å²) in [5.74, 6) is 0.626. The zero-order valence-electron chi connectivity index (χ0n) is 24.9. The zero-order valence-corrected chi connectivity index (χ0v) is 25.8. The monoisotopic (exact) mass is 595 g/mol. The topological polar surface area (TPSA) is 105 Å². The van der Waals surface area contributed by atoms with E-state index in [4.69, 9.17) is 9.47 Å². The lowest BCUT2D eigenvalue weighted by molar-refractivity contribution is -0.140. The van der Waals surface area contributed by atoms with Crippen molar-refractivity contribution in [2.24, 2.45) is 5.92 Å². The van der Waals surface area contributed by atoms with E-state index in [0.717, 1.165) is 21.7 Å². The summed E-state index contributed by atoms with van der Waals surface area (Å²) in [7, 11) is -2.29. The molecule has 3 rings (SSSR count). The van der Waals surface area contributed by atoms with Gasteiger partial charge in [0.15, 0.2) is 0 Å². The number of sulfonamides is 1. The second kappa shape index (κ2) is 15.3. The van der Waals surface area contributed by atoms with Crippen LogP contribution in [0.25, 0.3) is 0 Å². The molecule has 2 amide bonds. The van der Waals surface area contributed by atoms with Crippen LogP contribution in [0.1, 0.15) is 38.3 Å². The molecule has 0 aliphatic heterocycles. The molecule has 3 aromatic carbocycles. The summed E-state index contributed by atoms with van der Waals surface area (Å²) in [6.07, 6.45) is 1.41. The number of hydrogen-bond acceptors (Lipinski definition) is 6. The van der Waals surface area contributed by atoms with Crippen LogP contribution < -0.4 is 19.1 Å². The van der Waals surface area contributed by atoms with Crippen molar-refractivity contribution in [1.82, 2.24) is 10.2 Å². The molecule has 0 bridgehead atoms. The van der Waals surface area contributed by atoms with Crippen molar-refractivity contribution in [3.05, 3.63) is 90.0 Å². The third-order valence-corrected chi connectivity index (χ3v) is 7.75. The maximum Gasteiger partial charge on any atom is 0.244 e. The van der Waals surface area contributed by atoms with Gasteiger partial charge in [-0.15, -0.1) is 0 Å². The molecule has 0 aliphatic rings. The number of methoxy groups -OCH3 is 1. The van der Waals surface area contributed by atoms with Crippen molar-refractivity contribution in [3.63, 3.8) is 0 Å². The minimum Gasteiger partial charge on any atom is -0.497 e. The van der Waals surface area contributed by atoms with Gasteiger partial charge in [0, 0.05) is 13.1 Å². The van der Waals surface area contributed by atoms with E-state index in [1.54, 1.807) is 49.6 Å². The van der Waals surface area contributed by atoms with Gasteiger partial charge in [-0.2, -0.15) is 0 Å². The van der Waals surface area contributed by atoms with E-state index < -0.39 is 28.5 Å². The highest BCUT2D eigenvalue weighted by Gasteiger charge is 2.31. The van der Waals surface area contributed by atoms with Gasteiger partial charge in [-0.1, -0.05) is 63.2 Å². The Bertz CT molecular complexity index is 1410. The largest absolute Gasteiger partial charge is 0.497 e. The molecule has 10 heteroatoms. The third kappa shape index (κ3) is 9.51. The maximum absolute atomic E-state index is 13.9. The number of ether oxygens (including phenoxy) is 2. The normalized spacial score (nSPS) is 12.0. The van der Waals surface area contributed by atoms with E-state index in [0.29, 0.717) is 36.8 Å². The van der Waals surface area contributed by atoms with Gasteiger partial charge in [-0.05, 0) is 59.9 Å².